The van der Waals surface area contributed by atoms with Gasteiger partial charge in [0.2, 0.25) is 0 Å². The molecule has 1 aromatic carbocycles. The van der Waals surface area contributed by atoms with Crippen LogP contribution in [0.5, 0.6) is 5.75 Å². The number of carbonyl (C=O) groups excluding carboxylic acids is 1. The molecule has 0 aliphatic rings. The van der Waals surface area contributed by atoms with Gasteiger partial charge in [-0.15, -0.1) is 13.2 Å². The zero-order valence-electron chi connectivity index (χ0n) is 10.6. The molecule has 1 aromatic rings. The Morgan fingerprint density at radius 2 is 1.79 bits per heavy atom. The quantitative estimate of drug-likeness (QED) is 0.899. The largest absolute Gasteiger partial charge is 0.573 e. The van der Waals surface area contributed by atoms with E-state index in [2.05, 4.69) is 4.74 Å². The standard InChI is InChI=1S/C13H15F3O3/c1-8(2)12(18)11(17)7-9-3-5-10(6-4-9)19-13(14,15)16/h3-6,8,12,18H,7H2,1-2H3. The number of aliphatic hydroxyl groups is 1. The zero-order valence-corrected chi connectivity index (χ0v) is 10.6. The summed E-state index contributed by atoms with van der Waals surface area (Å²) in [5, 5.41) is 9.54. The Morgan fingerprint density at radius 1 is 1.26 bits per heavy atom. The monoisotopic (exact) mass is 276 g/mol. The molecule has 1 rings (SSSR count). The summed E-state index contributed by atoms with van der Waals surface area (Å²) in [4.78, 5) is 11.6. The highest BCUT2D eigenvalue weighted by Gasteiger charge is 2.31. The molecule has 0 saturated carbocycles. The lowest BCUT2D eigenvalue weighted by Crippen LogP contribution is -2.27. The van der Waals surface area contributed by atoms with E-state index in [1.807, 2.05) is 0 Å². The van der Waals surface area contributed by atoms with Gasteiger partial charge in [-0.1, -0.05) is 26.0 Å². The first-order chi connectivity index (χ1) is 8.69. The van der Waals surface area contributed by atoms with Crippen molar-refractivity contribution in [1.29, 1.82) is 0 Å². The average Bonchev–Trinajstić information content (AvgIpc) is 2.28. The predicted molar refractivity (Wildman–Crippen MR) is 62.7 cm³/mol. The molecule has 0 amide bonds. The van der Waals surface area contributed by atoms with Crippen LogP contribution >= 0.6 is 0 Å². The van der Waals surface area contributed by atoms with Crippen molar-refractivity contribution in [1.82, 2.24) is 0 Å². The molecule has 1 unspecified atom stereocenters. The number of halogens is 3. The number of hydrogen-bond donors (Lipinski definition) is 1. The summed E-state index contributed by atoms with van der Waals surface area (Å²) >= 11 is 0. The average molecular weight is 276 g/mol. The van der Waals surface area contributed by atoms with Crippen molar-refractivity contribution in [2.75, 3.05) is 0 Å². The summed E-state index contributed by atoms with van der Waals surface area (Å²) in [6, 6.07) is 5.01. The van der Waals surface area contributed by atoms with E-state index in [0.717, 1.165) is 12.1 Å². The number of aliphatic hydroxyl groups excluding tert-OH is 1. The normalized spacial score (nSPS) is 13.4. The Morgan fingerprint density at radius 3 is 2.21 bits per heavy atom. The summed E-state index contributed by atoms with van der Waals surface area (Å²) in [5.74, 6) is -0.895. The molecule has 0 fully saturated rings. The van der Waals surface area contributed by atoms with Crippen LogP contribution in [0.1, 0.15) is 19.4 Å². The number of benzene rings is 1. The van der Waals surface area contributed by atoms with Crippen LogP contribution in [0.4, 0.5) is 13.2 Å². The predicted octanol–water partition coefficient (Wildman–Crippen LogP) is 2.71. The number of carbonyl (C=O) groups is 1. The lowest BCUT2D eigenvalue weighted by molar-refractivity contribution is -0.274. The van der Waals surface area contributed by atoms with E-state index in [4.69, 9.17) is 0 Å². The SMILES string of the molecule is CC(C)C(O)C(=O)Cc1ccc(OC(F)(F)F)cc1. The number of hydrogen-bond acceptors (Lipinski definition) is 3. The number of Topliss-reactive ketones (excluding diaryl/α,β-unsaturated/α-hetero) is 1. The highest BCUT2D eigenvalue weighted by Crippen LogP contribution is 2.23. The Labute approximate surface area is 109 Å². The molecule has 3 nitrogen and oxygen atoms in total. The molecule has 0 aliphatic heterocycles. The number of ketones is 1. The first kappa shape index (κ1) is 15.5. The highest BCUT2D eigenvalue weighted by atomic mass is 19.4. The molecule has 1 N–H and O–H groups in total. The van der Waals surface area contributed by atoms with Gasteiger partial charge in [0.1, 0.15) is 11.9 Å². The van der Waals surface area contributed by atoms with E-state index < -0.39 is 12.5 Å². The first-order valence-corrected chi connectivity index (χ1v) is 5.74. The highest BCUT2D eigenvalue weighted by molar-refractivity contribution is 5.85. The van der Waals surface area contributed by atoms with Crippen molar-refractivity contribution >= 4 is 5.78 Å². The molecular weight excluding hydrogens is 261 g/mol. The van der Waals surface area contributed by atoms with E-state index in [1.165, 1.54) is 12.1 Å². The van der Waals surface area contributed by atoms with E-state index in [1.54, 1.807) is 13.8 Å². The third-order valence-corrected chi connectivity index (χ3v) is 2.50. The van der Waals surface area contributed by atoms with E-state index in [9.17, 15) is 23.1 Å². The zero-order chi connectivity index (χ0) is 14.6. The smallest absolute Gasteiger partial charge is 0.406 e. The van der Waals surface area contributed by atoms with Gasteiger partial charge in [0, 0.05) is 6.42 Å². The molecule has 6 heteroatoms. The first-order valence-electron chi connectivity index (χ1n) is 5.74. The summed E-state index contributed by atoms with van der Waals surface area (Å²) < 4.78 is 39.5. The van der Waals surface area contributed by atoms with Gasteiger partial charge in [0.25, 0.3) is 0 Å². The molecule has 0 aromatic heterocycles. The van der Waals surface area contributed by atoms with Gasteiger partial charge in [-0.05, 0) is 23.6 Å². The third kappa shape index (κ3) is 5.30. The minimum atomic E-state index is -4.73. The molecule has 1 atom stereocenters. The Hall–Kier alpha value is -1.56. The van der Waals surface area contributed by atoms with Gasteiger partial charge in [-0.2, -0.15) is 0 Å². The van der Waals surface area contributed by atoms with Crippen LogP contribution in [0, 0.1) is 5.92 Å². The van der Waals surface area contributed by atoms with Gasteiger partial charge in [0.05, 0.1) is 0 Å². The van der Waals surface area contributed by atoms with Crippen LogP contribution in [0.2, 0.25) is 0 Å². The number of alkyl halides is 3. The van der Waals surface area contributed by atoms with Gasteiger partial charge >= 0.3 is 6.36 Å². The Bertz CT molecular complexity index is 424. The molecule has 106 valence electrons. The van der Waals surface area contributed by atoms with Crippen LogP contribution in [0.25, 0.3) is 0 Å². The fourth-order valence-corrected chi connectivity index (χ4v) is 1.49. The van der Waals surface area contributed by atoms with Crippen LogP contribution in [0.3, 0.4) is 0 Å². The van der Waals surface area contributed by atoms with Crippen molar-refractivity contribution in [3.63, 3.8) is 0 Å². The molecular formula is C13H15F3O3. The third-order valence-electron chi connectivity index (χ3n) is 2.50. The maximum Gasteiger partial charge on any atom is 0.573 e. The second-order valence-electron chi connectivity index (χ2n) is 4.52. The Kier molecular flexibility index (Phi) is 4.94. The number of ether oxygens (including phenoxy) is 1. The molecule has 0 heterocycles. The van der Waals surface area contributed by atoms with Crippen molar-refractivity contribution < 1.29 is 27.8 Å². The van der Waals surface area contributed by atoms with E-state index in [-0.39, 0.29) is 23.9 Å². The van der Waals surface area contributed by atoms with Crippen molar-refractivity contribution in [2.45, 2.75) is 32.7 Å². The summed E-state index contributed by atoms with van der Waals surface area (Å²) in [7, 11) is 0. The van der Waals surface area contributed by atoms with Gasteiger partial charge in [0.15, 0.2) is 5.78 Å². The molecule has 19 heavy (non-hydrogen) atoms. The van der Waals surface area contributed by atoms with E-state index in [0.29, 0.717) is 5.56 Å². The molecule has 0 aliphatic carbocycles. The maximum atomic E-state index is 11.9. The fraction of sp³-hybridized carbons (Fsp3) is 0.462. The summed E-state index contributed by atoms with van der Waals surface area (Å²) in [6.45, 7) is 3.42. The summed E-state index contributed by atoms with van der Waals surface area (Å²) in [5.41, 5.74) is 0.527. The minimum absolute atomic E-state index is 0.0222. The van der Waals surface area contributed by atoms with Gasteiger partial charge < -0.3 is 9.84 Å². The van der Waals surface area contributed by atoms with E-state index >= 15 is 0 Å². The van der Waals surface area contributed by atoms with Crippen LogP contribution in [0.15, 0.2) is 24.3 Å². The van der Waals surface area contributed by atoms with Gasteiger partial charge in [-0.3, -0.25) is 4.79 Å². The minimum Gasteiger partial charge on any atom is -0.406 e. The lowest BCUT2D eigenvalue weighted by atomic mass is 9.98. The fourth-order valence-electron chi connectivity index (χ4n) is 1.49. The lowest BCUT2D eigenvalue weighted by Gasteiger charge is -2.13. The molecule has 0 saturated heterocycles. The van der Waals surface area contributed by atoms with Crippen LogP contribution in [-0.2, 0) is 11.2 Å². The second kappa shape index (κ2) is 6.06. The topological polar surface area (TPSA) is 46.5 Å². The van der Waals surface area contributed by atoms with Crippen LogP contribution in [-0.4, -0.2) is 23.4 Å². The molecule has 0 bridgehead atoms. The second-order valence-corrected chi connectivity index (χ2v) is 4.52. The van der Waals surface area contributed by atoms with Gasteiger partial charge in [-0.25, -0.2) is 0 Å². The van der Waals surface area contributed by atoms with Crippen molar-refractivity contribution in [3.05, 3.63) is 29.8 Å². The maximum absolute atomic E-state index is 11.9. The summed E-state index contributed by atoms with van der Waals surface area (Å²) in [6.07, 6.45) is -5.82. The van der Waals surface area contributed by atoms with Crippen molar-refractivity contribution in [2.24, 2.45) is 5.92 Å². The Balaban J connectivity index is 2.65. The van der Waals surface area contributed by atoms with Crippen LogP contribution < -0.4 is 4.74 Å². The van der Waals surface area contributed by atoms with Crippen molar-refractivity contribution in [3.8, 4) is 5.75 Å². The molecule has 0 radical (unpaired) electrons. The molecule has 0 spiro atoms. The number of rotatable bonds is 5.